The Morgan fingerprint density at radius 3 is 2.27 bits per heavy atom. The molecule has 1 N–H and O–H groups in total. The monoisotopic (exact) mass is 525 g/mol. The summed E-state index contributed by atoms with van der Waals surface area (Å²) in [6.07, 6.45) is 0. The molecule has 1 aliphatic heterocycles. The van der Waals surface area contributed by atoms with Crippen molar-refractivity contribution in [1.29, 1.82) is 0 Å². The minimum absolute atomic E-state index is 0. The van der Waals surface area contributed by atoms with E-state index in [0.29, 0.717) is 6.54 Å². The highest BCUT2D eigenvalue weighted by Crippen LogP contribution is 2.20. The van der Waals surface area contributed by atoms with Crippen LogP contribution >= 0.6 is 24.0 Å². The second kappa shape index (κ2) is 11.6. The summed E-state index contributed by atoms with van der Waals surface area (Å²) < 4.78 is 5.23. The highest BCUT2D eigenvalue weighted by molar-refractivity contribution is 14.0. The Kier molecular flexibility index (Phi) is 9.15. The number of nitrogens with zero attached hydrogens (tertiary/aromatic N) is 4. The molecule has 0 unspecified atom stereocenters. The van der Waals surface area contributed by atoms with Gasteiger partial charge in [-0.05, 0) is 36.8 Å². The van der Waals surface area contributed by atoms with E-state index >= 15 is 0 Å². The van der Waals surface area contributed by atoms with Crippen LogP contribution in [0.5, 0.6) is 5.75 Å². The van der Waals surface area contributed by atoms with Crippen LogP contribution in [0.2, 0.25) is 0 Å². The lowest BCUT2D eigenvalue weighted by Crippen LogP contribution is -2.52. The van der Waals surface area contributed by atoms with Gasteiger partial charge in [-0.1, -0.05) is 12.1 Å². The molecule has 30 heavy (non-hydrogen) atoms. The van der Waals surface area contributed by atoms with Gasteiger partial charge < -0.3 is 19.9 Å². The number of non-ortho nitro benzene ring substituents is 1. The Morgan fingerprint density at radius 2 is 1.73 bits per heavy atom. The van der Waals surface area contributed by atoms with Gasteiger partial charge in [-0.15, -0.1) is 24.0 Å². The summed E-state index contributed by atoms with van der Waals surface area (Å²) in [4.78, 5) is 19.7. The number of hydrogen-bond acceptors (Lipinski definition) is 5. The first kappa shape index (κ1) is 23.7. The Labute approximate surface area is 194 Å². The molecule has 0 aromatic heterocycles. The van der Waals surface area contributed by atoms with Gasteiger partial charge in [0.15, 0.2) is 5.96 Å². The van der Waals surface area contributed by atoms with Crippen LogP contribution in [0.1, 0.15) is 12.5 Å². The molecule has 1 heterocycles. The smallest absolute Gasteiger partial charge is 0.269 e. The molecule has 1 saturated heterocycles. The fourth-order valence-corrected chi connectivity index (χ4v) is 3.28. The van der Waals surface area contributed by atoms with Crippen molar-refractivity contribution in [3.8, 4) is 5.75 Å². The van der Waals surface area contributed by atoms with E-state index in [2.05, 4.69) is 34.2 Å². The lowest BCUT2D eigenvalue weighted by Gasteiger charge is -2.37. The third-order valence-electron chi connectivity index (χ3n) is 4.91. The van der Waals surface area contributed by atoms with Crippen molar-refractivity contribution in [3.05, 3.63) is 64.2 Å². The van der Waals surface area contributed by atoms with E-state index < -0.39 is 0 Å². The van der Waals surface area contributed by atoms with E-state index in [1.165, 1.54) is 17.8 Å². The molecule has 0 atom stereocenters. The number of nitro groups is 1. The number of aliphatic imine (C=N–C) groups is 1. The number of anilines is 1. The molecular formula is C21H28IN5O3. The summed E-state index contributed by atoms with van der Waals surface area (Å²) in [6, 6.07) is 14.7. The summed E-state index contributed by atoms with van der Waals surface area (Å²) in [5.74, 6) is 1.74. The minimum Gasteiger partial charge on any atom is -0.497 e. The van der Waals surface area contributed by atoms with E-state index in [1.807, 2.05) is 12.1 Å². The molecule has 1 fully saturated rings. The van der Waals surface area contributed by atoms with Gasteiger partial charge >= 0.3 is 0 Å². The number of halogens is 1. The first-order chi connectivity index (χ1) is 14.1. The van der Waals surface area contributed by atoms with Crippen LogP contribution in [0.3, 0.4) is 0 Å². The van der Waals surface area contributed by atoms with Gasteiger partial charge in [0.2, 0.25) is 0 Å². The first-order valence-electron chi connectivity index (χ1n) is 9.76. The van der Waals surface area contributed by atoms with E-state index in [4.69, 9.17) is 9.73 Å². The van der Waals surface area contributed by atoms with Gasteiger partial charge in [0, 0.05) is 50.5 Å². The van der Waals surface area contributed by atoms with Crippen molar-refractivity contribution in [3.63, 3.8) is 0 Å². The number of rotatable bonds is 6. The molecule has 162 valence electrons. The number of guanidine groups is 1. The van der Waals surface area contributed by atoms with Gasteiger partial charge in [0.1, 0.15) is 5.75 Å². The molecule has 3 rings (SSSR count). The Hall–Kier alpha value is -2.56. The van der Waals surface area contributed by atoms with E-state index in [9.17, 15) is 10.1 Å². The largest absolute Gasteiger partial charge is 0.497 e. The zero-order valence-corrected chi connectivity index (χ0v) is 19.6. The lowest BCUT2D eigenvalue weighted by atomic mass is 10.2. The molecule has 2 aromatic carbocycles. The fourth-order valence-electron chi connectivity index (χ4n) is 3.28. The third kappa shape index (κ3) is 6.22. The summed E-state index contributed by atoms with van der Waals surface area (Å²) >= 11 is 0. The zero-order valence-electron chi connectivity index (χ0n) is 17.3. The second-order valence-corrected chi connectivity index (χ2v) is 6.77. The lowest BCUT2D eigenvalue weighted by molar-refractivity contribution is -0.384. The highest BCUT2D eigenvalue weighted by Gasteiger charge is 2.20. The SMILES string of the molecule is CCNC(=NCc1ccc([N+](=O)[O-])cc1)N1CCN(c2ccc(OC)cc2)CC1.I. The maximum atomic E-state index is 10.8. The summed E-state index contributed by atoms with van der Waals surface area (Å²) in [6.45, 7) is 6.89. The van der Waals surface area contributed by atoms with E-state index in [1.54, 1.807) is 19.2 Å². The topological polar surface area (TPSA) is 83.2 Å². The van der Waals surface area contributed by atoms with Crippen LogP contribution in [-0.4, -0.2) is 55.6 Å². The predicted octanol–water partition coefficient (Wildman–Crippen LogP) is 3.51. The van der Waals surface area contributed by atoms with Gasteiger partial charge in [0.05, 0.1) is 18.6 Å². The first-order valence-corrected chi connectivity index (χ1v) is 9.76. The predicted molar refractivity (Wildman–Crippen MR) is 130 cm³/mol. The Bertz CT molecular complexity index is 835. The van der Waals surface area contributed by atoms with E-state index in [-0.39, 0.29) is 34.6 Å². The van der Waals surface area contributed by atoms with Gasteiger partial charge in [0.25, 0.3) is 5.69 Å². The fraction of sp³-hybridized carbons (Fsp3) is 0.381. The number of nitrogens with one attached hydrogen (secondary N) is 1. The normalized spacial score (nSPS) is 14.1. The van der Waals surface area contributed by atoms with Crippen molar-refractivity contribution in [1.82, 2.24) is 10.2 Å². The number of piperazine rings is 1. The van der Waals surface area contributed by atoms with Gasteiger partial charge in [-0.25, -0.2) is 4.99 Å². The number of ether oxygens (including phenoxy) is 1. The Balaban J connectivity index is 0.00000320. The van der Waals surface area contributed by atoms with Crippen molar-refractivity contribution < 1.29 is 9.66 Å². The minimum atomic E-state index is -0.389. The van der Waals surface area contributed by atoms with Crippen LogP contribution < -0.4 is 15.0 Å². The molecule has 2 aromatic rings. The second-order valence-electron chi connectivity index (χ2n) is 6.77. The van der Waals surface area contributed by atoms with Crippen LogP contribution in [-0.2, 0) is 6.54 Å². The number of hydrogen-bond donors (Lipinski definition) is 1. The van der Waals surface area contributed by atoms with E-state index in [0.717, 1.165) is 50.0 Å². The van der Waals surface area contributed by atoms with Crippen LogP contribution in [0.15, 0.2) is 53.5 Å². The van der Waals surface area contributed by atoms with Crippen molar-refractivity contribution in [2.24, 2.45) is 4.99 Å². The quantitative estimate of drug-likeness (QED) is 0.205. The molecule has 8 nitrogen and oxygen atoms in total. The van der Waals surface area contributed by atoms with Crippen LogP contribution in [0.4, 0.5) is 11.4 Å². The van der Waals surface area contributed by atoms with Crippen LogP contribution in [0.25, 0.3) is 0 Å². The van der Waals surface area contributed by atoms with Gasteiger partial charge in [-0.2, -0.15) is 0 Å². The maximum absolute atomic E-state index is 10.8. The van der Waals surface area contributed by atoms with Crippen molar-refractivity contribution >= 4 is 41.3 Å². The average Bonchev–Trinajstić information content (AvgIpc) is 2.77. The van der Waals surface area contributed by atoms with Crippen LogP contribution in [0, 0.1) is 10.1 Å². The molecule has 0 radical (unpaired) electrons. The number of methoxy groups -OCH3 is 1. The molecule has 0 amide bonds. The standard InChI is InChI=1S/C21H27N5O3.HI/c1-3-22-21(23-16-17-4-6-19(7-5-17)26(27)28)25-14-12-24(13-15-25)18-8-10-20(29-2)11-9-18;/h4-11H,3,12-16H2,1-2H3,(H,22,23);1H. The maximum Gasteiger partial charge on any atom is 0.269 e. The molecule has 1 aliphatic rings. The molecule has 0 bridgehead atoms. The molecular weight excluding hydrogens is 497 g/mol. The molecule has 0 aliphatic carbocycles. The molecule has 0 spiro atoms. The van der Waals surface area contributed by atoms with Crippen molar-refractivity contribution in [2.45, 2.75) is 13.5 Å². The highest BCUT2D eigenvalue weighted by atomic mass is 127. The zero-order chi connectivity index (χ0) is 20.6. The number of nitro benzene ring substituents is 1. The summed E-state index contributed by atoms with van der Waals surface area (Å²) in [5.41, 5.74) is 2.24. The summed E-state index contributed by atoms with van der Waals surface area (Å²) in [5, 5.41) is 14.1. The summed E-state index contributed by atoms with van der Waals surface area (Å²) in [7, 11) is 1.67. The number of benzene rings is 2. The van der Waals surface area contributed by atoms with Gasteiger partial charge in [-0.3, -0.25) is 10.1 Å². The third-order valence-corrected chi connectivity index (χ3v) is 4.91. The molecule has 0 saturated carbocycles. The molecule has 9 heteroatoms. The Morgan fingerprint density at radius 1 is 1.10 bits per heavy atom. The van der Waals surface area contributed by atoms with Crippen molar-refractivity contribution in [2.75, 3.05) is 44.7 Å². The average molecular weight is 525 g/mol.